The molecule has 72 valence electrons. The van der Waals surface area contributed by atoms with Crippen molar-refractivity contribution in [3.05, 3.63) is 36.2 Å². The summed E-state index contributed by atoms with van der Waals surface area (Å²) in [6, 6.07) is 1.93. The van der Waals surface area contributed by atoms with E-state index >= 15 is 0 Å². The minimum absolute atomic E-state index is 1.00. The topological polar surface area (TPSA) is 28.7 Å². The van der Waals surface area contributed by atoms with Gasteiger partial charge < -0.3 is 0 Å². The number of H-pyrrole nitrogens is 1. The van der Waals surface area contributed by atoms with Crippen LogP contribution in [-0.4, -0.2) is 10.2 Å². The minimum Gasteiger partial charge on any atom is -0.278 e. The number of hydrogen-bond acceptors (Lipinski definition) is 1. The number of hydrogen-bond donors (Lipinski definition) is 1. The molecule has 0 spiro atoms. The van der Waals surface area contributed by atoms with E-state index in [1.165, 1.54) is 5.57 Å². The number of allylic oxidation sites excluding steroid dienone is 2. The van der Waals surface area contributed by atoms with E-state index in [9.17, 15) is 0 Å². The van der Waals surface area contributed by atoms with E-state index < -0.39 is 0 Å². The fraction of sp³-hybridized carbons (Fsp3) is 0.364. The van der Waals surface area contributed by atoms with Gasteiger partial charge in [0, 0.05) is 6.20 Å². The van der Waals surface area contributed by atoms with E-state index in [4.69, 9.17) is 0 Å². The van der Waals surface area contributed by atoms with Crippen LogP contribution in [0, 0.1) is 0 Å². The van der Waals surface area contributed by atoms with Gasteiger partial charge in [-0.05, 0) is 24.1 Å². The van der Waals surface area contributed by atoms with Gasteiger partial charge in [-0.1, -0.05) is 33.4 Å². The first-order valence-corrected chi connectivity index (χ1v) is 4.69. The fourth-order valence-electron chi connectivity index (χ4n) is 0.852. The minimum atomic E-state index is 1.00. The number of aromatic nitrogens is 2. The van der Waals surface area contributed by atoms with Gasteiger partial charge in [0.25, 0.3) is 0 Å². The van der Waals surface area contributed by atoms with Crippen LogP contribution in [0.5, 0.6) is 0 Å². The van der Waals surface area contributed by atoms with Crippen LogP contribution in [0.3, 0.4) is 0 Å². The second-order valence-electron chi connectivity index (χ2n) is 2.29. The lowest BCUT2D eigenvalue weighted by Crippen LogP contribution is -1.76. The second kappa shape index (κ2) is 7.35. The van der Waals surface area contributed by atoms with Gasteiger partial charge in [-0.3, -0.25) is 5.10 Å². The first-order chi connectivity index (χ1) is 6.36. The predicted molar refractivity (Wildman–Crippen MR) is 58.4 cm³/mol. The van der Waals surface area contributed by atoms with Gasteiger partial charge in [0.15, 0.2) is 0 Å². The molecule has 13 heavy (non-hydrogen) atoms. The van der Waals surface area contributed by atoms with Crippen LogP contribution >= 0.6 is 0 Å². The second-order valence-corrected chi connectivity index (χ2v) is 2.29. The molecule has 2 heteroatoms. The van der Waals surface area contributed by atoms with Gasteiger partial charge in [0.1, 0.15) is 0 Å². The van der Waals surface area contributed by atoms with Crippen molar-refractivity contribution in [1.82, 2.24) is 10.2 Å². The van der Waals surface area contributed by atoms with Gasteiger partial charge >= 0.3 is 0 Å². The molecule has 1 heterocycles. The molecule has 0 aromatic carbocycles. The van der Waals surface area contributed by atoms with E-state index in [-0.39, 0.29) is 0 Å². The van der Waals surface area contributed by atoms with Crippen LogP contribution < -0.4 is 0 Å². The zero-order valence-corrected chi connectivity index (χ0v) is 8.67. The molecule has 1 rings (SSSR count). The van der Waals surface area contributed by atoms with Crippen LogP contribution in [0.2, 0.25) is 0 Å². The van der Waals surface area contributed by atoms with Crippen LogP contribution in [-0.2, 0) is 0 Å². The van der Waals surface area contributed by atoms with E-state index in [0.717, 1.165) is 12.1 Å². The Balaban J connectivity index is 0.000000671. The van der Waals surface area contributed by atoms with Crippen LogP contribution in [0.25, 0.3) is 6.08 Å². The summed E-state index contributed by atoms with van der Waals surface area (Å²) in [5.74, 6) is 0. The molecule has 1 aromatic heterocycles. The first-order valence-electron chi connectivity index (χ1n) is 4.69. The number of nitrogens with zero attached hydrogens (tertiary/aromatic N) is 1. The zero-order valence-electron chi connectivity index (χ0n) is 8.67. The smallest absolute Gasteiger partial charge is 0.0580 e. The summed E-state index contributed by atoms with van der Waals surface area (Å²) in [6.45, 7) is 9.81. The van der Waals surface area contributed by atoms with Gasteiger partial charge in [-0.2, -0.15) is 5.10 Å². The molecule has 0 aliphatic carbocycles. The van der Waals surface area contributed by atoms with Crippen LogP contribution in [0.15, 0.2) is 30.5 Å². The maximum atomic E-state index is 3.84. The third-order valence-corrected chi connectivity index (χ3v) is 1.53. The highest BCUT2D eigenvalue weighted by Crippen LogP contribution is 2.06. The normalized spacial score (nSPS) is 10.2. The largest absolute Gasteiger partial charge is 0.278 e. The molecule has 0 saturated carbocycles. The van der Waals surface area contributed by atoms with E-state index in [0.29, 0.717) is 0 Å². The summed E-state index contributed by atoms with van der Waals surface area (Å²) in [6.07, 6.45) is 6.64. The highest BCUT2D eigenvalue weighted by molar-refractivity contribution is 5.51. The summed E-state index contributed by atoms with van der Waals surface area (Å²) in [7, 11) is 0. The van der Waals surface area contributed by atoms with Gasteiger partial charge in [-0.25, -0.2) is 0 Å². The predicted octanol–water partition coefficient (Wildman–Crippen LogP) is 3.42. The Bertz CT molecular complexity index is 245. The van der Waals surface area contributed by atoms with Crippen molar-refractivity contribution in [3.63, 3.8) is 0 Å². The summed E-state index contributed by atoms with van der Waals surface area (Å²) in [4.78, 5) is 0. The van der Waals surface area contributed by atoms with Crippen molar-refractivity contribution >= 4 is 6.08 Å². The molecular weight excluding hydrogens is 160 g/mol. The third-order valence-electron chi connectivity index (χ3n) is 1.53. The van der Waals surface area contributed by atoms with E-state index in [1.54, 1.807) is 6.20 Å². The van der Waals surface area contributed by atoms with Crippen molar-refractivity contribution in [2.24, 2.45) is 0 Å². The molecule has 0 aliphatic heterocycles. The summed E-state index contributed by atoms with van der Waals surface area (Å²) in [5, 5.41) is 6.70. The van der Waals surface area contributed by atoms with Gasteiger partial charge in [0.05, 0.1) is 5.69 Å². The number of nitrogens with one attached hydrogen (secondary N) is 1. The number of aromatic amines is 1. The summed E-state index contributed by atoms with van der Waals surface area (Å²) < 4.78 is 0. The fourth-order valence-corrected chi connectivity index (χ4v) is 0.852. The molecule has 0 atom stereocenters. The van der Waals surface area contributed by atoms with Crippen molar-refractivity contribution in [2.75, 3.05) is 0 Å². The maximum absolute atomic E-state index is 3.84. The molecular formula is C11H18N2. The van der Waals surface area contributed by atoms with Crippen LogP contribution in [0.1, 0.15) is 32.9 Å². The molecule has 0 radical (unpaired) electrons. The lowest BCUT2D eigenvalue weighted by Gasteiger charge is -1.92. The van der Waals surface area contributed by atoms with Crippen molar-refractivity contribution in [2.45, 2.75) is 27.2 Å². The average Bonchev–Trinajstić information content (AvgIpc) is 2.70. The Morgan fingerprint density at radius 1 is 1.62 bits per heavy atom. The lowest BCUT2D eigenvalue weighted by atomic mass is 10.2. The maximum Gasteiger partial charge on any atom is 0.0580 e. The monoisotopic (exact) mass is 178 g/mol. The van der Waals surface area contributed by atoms with Crippen molar-refractivity contribution in [3.8, 4) is 0 Å². The molecule has 1 aromatic rings. The third kappa shape index (κ3) is 4.31. The average molecular weight is 178 g/mol. The molecule has 0 saturated heterocycles. The Morgan fingerprint density at radius 3 is 2.69 bits per heavy atom. The Kier molecular flexibility index (Phi) is 6.60. The molecule has 2 nitrogen and oxygen atoms in total. The quantitative estimate of drug-likeness (QED) is 0.706. The van der Waals surface area contributed by atoms with Crippen molar-refractivity contribution < 1.29 is 0 Å². The molecule has 0 aliphatic rings. The van der Waals surface area contributed by atoms with E-state index in [2.05, 4.69) is 23.7 Å². The highest BCUT2D eigenvalue weighted by Gasteiger charge is 1.89. The lowest BCUT2D eigenvalue weighted by molar-refractivity contribution is 1.07. The molecule has 0 fully saturated rings. The standard InChI is InChI=1S/C9H12N2.C2H6/c1-3-8(4-2)7-9-5-6-10-11-9;1-2/h3,5-7H,1,4H2,2H3,(H,10,11);1-2H3/b8-7+;. The SMILES string of the molecule is C=C/C(=C\c1ccn[nH]1)CC.CC. The van der Waals surface area contributed by atoms with Crippen molar-refractivity contribution in [1.29, 1.82) is 0 Å². The number of rotatable bonds is 3. The summed E-state index contributed by atoms with van der Waals surface area (Å²) in [5.41, 5.74) is 2.25. The Morgan fingerprint density at radius 2 is 2.31 bits per heavy atom. The van der Waals surface area contributed by atoms with Gasteiger partial charge in [0.2, 0.25) is 0 Å². The molecule has 0 unspecified atom stereocenters. The molecule has 1 N–H and O–H groups in total. The molecule has 0 amide bonds. The Labute approximate surface area is 80.4 Å². The Hall–Kier alpha value is -1.31. The summed E-state index contributed by atoms with van der Waals surface area (Å²) >= 11 is 0. The first kappa shape index (κ1) is 11.7. The van der Waals surface area contributed by atoms with E-state index in [1.807, 2.05) is 32.1 Å². The molecule has 0 bridgehead atoms. The van der Waals surface area contributed by atoms with Crippen LogP contribution in [0.4, 0.5) is 0 Å². The highest BCUT2D eigenvalue weighted by atomic mass is 15.1. The van der Waals surface area contributed by atoms with Gasteiger partial charge in [-0.15, -0.1) is 0 Å². The zero-order chi connectivity index (χ0) is 10.1.